The topological polar surface area (TPSA) is 90.4 Å². The Kier molecular flexibility index (Phi) is 10.5. The van der Waals surface area contributed by atoms with E-state index in [4.69, 9.17) is 16.3 Å². The highest BCUT2D eigenvalue weighted by molar-refractivity contribution is 8.02. The molecule has 5 rings (SSSR count). The Morgan fingerprint density at radius 3 is 2.34 bits per heavy atom. The van der Waals surface area contributed by atoms with E-state index in [-0.39, 0.29) is 43.3 Å². The van der Waals surface area contributed by atoms with Gasteiger partial charge < -0.3 is 24.5 Å². The van der Waals surface area contributed by atoms with Crippen LogP contribution in [0.5, 0.6) is 5.75 Å². The van der Waals surface area contributed by atoms with E-state index in [0.29, 0.717) is 48.0 Å². The molecule has 2 unspecified atom stereocenters. The summed E-state index contributed by atoms with van der Waals surface area (Å²) in [6.45, 7) is 16.5. The molecule has 0 radical (unpaired) electrons. The zero-order valence-corrected chi connectivity index (χ0v) is 29.3. The van der Waals surface area contributed by atoms with Crippen molar-refractivity contribution in [2.24, 2.45) is 17.8 Å². The number of aliphatic hydroxyl groups is 1. The van der Waals surface area contributed by atoms with Crippen molar-refractivity contribution in [1.82, 2.24) is 4.90 Å². The Labute approximate surface area is 287 Å². The number of hydrogen-bond acceptors (Lipinski definition) is 6. The van der Waals surface area contributed by atoms with Gasteiger partial charge >= 0.3 is 0 Å². The third-order valence-electron chi connectivity index (χ3n) is 10.3. The molecule has 1 N–H and O–H groups in total. The molecular formula is C37H46ClN3O5S. The van der Waals surface area contributed by atoms with Crippen molar-refractivity contribution in [1.29, 1.82) is 0 Å². The maximum atomic E-state index is 15.0. The van der Waals surface area contributed by atoms with Crippen LogP contribution in [0, 0.1) is 17.8 Å². The molecule has 3 amide bonds. The molecule has 1 spiro atoms. The highest BCUT2D eigenvalue weighted by Crippen LogP contribution is 2.72. The zero-order valence-electron chi connectivity index (χ0n) is 27.7. The standard InChI is InChI=1S/C37H46ClN3O5S/c1-7-21-39(25-15-17-26(18-16-25)46-10-4)33(43)30-31-34(44)41(29(23-42)24(5)9-3)32(37(31)20-19-36(30,6)47-37)35(45)40(22-8-2)28-14-12-11-13-27(28)38/h7-8,11-18,24,29-32,42H,1-2,9-10,19-23H2,3-6H3/t24-,29-,30-,31-,32?,36+,37?/m0/s1. The number of aliphatic hydroxyl groups excluding tert-OH is 1. The van der Waals surface area contributed by atoms with Crippen LogP contribution in [0.4, 0.5) is 11.4 Å². The van der Waals surface area contributed by atoms with Crippen LogP contribution in [-0.4, -0.2) is 75.6 Å². The summed E-state index contributed by atoms with van der Waals surface area (Å²) >= 11 is 8.25. The number of rotatable bonds is 14. The molecular weight excluding hydrogens is 634 g/mol. The molecule has 3 aliphatic rings. The number of nitrogens with zero attached hydrogens (tertiary/aromatic N) is 3. The average molecular weight is 680 g/mol. The Hall–Kier alpha value is -3.27. The second kappa shape index (κ2) is 14.1. The maximum Gasteiger partial charge on any atom is 0.251 e. The molecule has 0 aliphatic carbocycles. The Balaban J connectivity index is 1.63. The summed E-state index contributed by atoms with van der Waals surface area (Å²) in [7, 11) is 0. The fourth-order valence-electron chi connectivity index (χ4n) is 7.95. The van der Waals surface area contributed by atoms with Crippen LogP contribution in [0.1, 0.15) is 47.0 Å². The van der Waals surface area contributed by atoms with Crippen LogP contribution >= 0.6 is 23.4 Å². The second-order valence-corrected chi connectivity index (χ2v) is 15.3. The van der Waals surface area contributed by atoms with Gasteiger partial charge in [0.15, 0.2) is 0 Å². The molecule has 47 heavy (non-hydrogen) atoms. The summed E-state index contributed by atoms with van der Waals surface area (Å²) in [6.07, 6.45) is 5.29. The lowest BCUT2D eigenvalue weighted by Crippen LogP contribution is -2.58. The van der Waals surface area contributed by atoms with Crippen LogP contribution in [-0.2, 0) is 14.4 Å². The third-order valence-corrected chi connectivity index (χ3v) is 12.6. The fourth-order valence-corrected chi connectivity index (χ4v) is 10.5. The normalized spacial score (nSPS) is 27.2. The predicted molar refractivity (Wildman–Crippen MR) is 190 cm³/mol. The van der Waals surface area contributed by atoms with Crippen molar-refractivity contribution in [2.45, 2.75) is 68.5 Å². The van der Waals surface area contributed by atoms with Gasteiger partial charge in [-0.2, -0.15) is 0 Å². The van der Waals surface area contributed by atoms with Gasteiger partial charge in [0.25, 0.3) is 5.91 Å². The van der Waals surface area contributed by atoms with Crippen molar-refractivity contribution in [3.8, 4) is 5.75 Å². The molecule has 3 aliphatic heterocycles. The second-order valence-electron chi connectivity index (χ2n) is 13.0. The number of hydrogen-bond donors (Lipinski definition) is 1. The van der Waals surface area contributed by atoms with Gasteiger partial charge in [0, 0.05) is 23.5 Å². The van der Waals surface area contributed by atoms with Crippen LogP contribution < -0.4 is 14.5 Å². The van der Waals surface area contributed by atoms with Crippen molar-refractivity contribution in [3.63, 3.8) is 0 Å². The van der Waals surface area contributed by atoms with E-state index in [0.717, 1.165) is 0 Å². The van der Waals surface area contributed by atoms with Gasteiger partial charge in [0.2, 0.25) is 11.8 Å². The van der Waals surface area contributed by atoms with E-state index in [9.17, 15) is 14.7 Å². The first-order valence-corrected chi connectivity index (χ1v) is 17.7. The van der Waals surface area contributed by atoms with Gasteiger partial charge in [0.1, 0.15) is 11.8 Å². The van der Waals surface area contributed by atoms with E-state index in [1.165, 1.54) is 0 Å². The van der Waals surface area contributed by atoms with E-state index < -0.39 is 33.4 Å². The van der Waals surface area contributed by atoms with Gasteiger partial charge in [-0.1, -0.05) is 56.2 Å². The number of likely N-dealkylation sites (tertiary alicyclic amines) is 1. The molecule has 2 bridgehead atoms. The Morgan fingerprint density at radius 1 is 1.09 bits per heavy atom. The van der Waals surface area contributed by atoms with E-state index in [1.807, 2.05) is 51.1 Å². The highest BCUT2D eigenvalue weighted by Gasteiger charge is 2.78. The molecule has 0 aromatic heterocycles. The minimum Gasteiger partial charge on any atom is -0.494 e. The van der Waals surface area contributed by atoms with Crippen LogP contribution in [0.2, 0.25) is 5.02 Å². The first-order valence-electron chi connectivity index (χ1n) is 16.5. The number of para-hydroxylation sites is 1. The monoisotopic (exact) mass is 679 g/mol. The van der Waals surface area contributed by atoms with Crippen molar-refractivity contribution >= 4 is 52.5 Å². The molecule has 3 saturated heterocycles. The summed E-state index contributed by atoms with van der Waals surface area (Å²) in [5.74, 6) is -1.53. The molecule has 2 aromatic carbocycles. The first kappa shape index (κ1) is 35.0. The van der Waals surface area contributed by atoms with Crippen LogP contribution in [0.15, 0.2) is 73.8 Å². The number of carbonyl (C=O) groups is 3. The van der Waals surface area contributed by atoms with Gasteiger partial charge in [0.05, 0.1) is 46.5 Å². The number of halogens is 1. The van der Waals surface area contributed by atoms with Crippen molar-refractivity contribution in [3.05, 3.63) is 78.9 Å². The molecule has 3 heterocycles. The number of thioether (sulfide) groups is 1. The molecule has 0 saturated carbocycles. The van der Waals surface area contributed by atoms with Crippen molar-refractivity contribution < 1.29 is 24.2 Å². The number of fused-ring (bicyclic) bond motifs is 1. The van der Waals surface area contributed by atoms with Gasteiger partial charge in [-0.3, -0.25) is 14.4 Å². The average Bonchev–Trinajstić information content (AvgIpc) is 3.64. The van der Waals surface area contributed by atoms with Gasteiger partial charge in [-0.25, -0.2) is 0 Å². The minimum absolute atomic E-state index is 0.0873. The Bertz CT molecular complexity index is 1520. The summed E-state index contributed by atoms with van der Waals surface area (Å²) in [5, 5.41) is 11.2. The predicted octanol–water partition coefficient (Wildman–Crippen LogP) is 6.37. The molecule has 10 heteroatoms. The molecule has 2 aromatic rings. The summed E-state index contributed by atoms with van der Waals surface area (Å²) < 4.78 is 4.17. The molecule has 7 atom stereocenters. The smallest absolute Gasteiger partial charge is 0.251 e. The minimum atomic E-state index is -0.912. The molecule has 8 nitrogen and oxygen atoms in total. The molecule has 3 fully saturated rings. The SMILES string of the molecule is C=CCN(C(=O)[C@@H]1[C@H]2C(=O)N([C@@H](CO)[C@@H](C)CC)C(C(=O)N(CC=C)c3ccccc3Cl)C23CC[C@@]1(C)S3)c1ccc(OCC)cc1. The lowest BCUT2D eigenvalue weighted by molar-refractivity contribution is -0.143. The van der Waals surface area contributed by atoms with Crippen molar-refractivity contribution in [2.75, 3.05) is 36.1 Å². The summed E-state index contributed by atoms with van der Waals surface area (Å²) in [5.41, 5.74) is 1.21. The van der Waals surface area contributed by atoms with E-state index in [2.05, 4.69) is 20.1 Å². The van der Waals surface area contributed by atoms with Crippen LogP contribution in [0.25, 0.3) is 0 Å². The number of ether oxygens (including phenoxy) is 1. The fraction of sp³-hybridized carbons (Fsp3) is 0.486. The number of anilines is 2. The number of amides is 3. The summed E-state index contributed by atoms with van der Waals surface area (Å²) in [4.78, 5) is 49.7. The van der Waals surface area contributed by atoms with Gasteiger partial charge in [-0.15, -0.1) is 24.9 Å². The Morgan fingerprint density at radius 2 is 1.74 bits per heavy atom. The summed E-state index contributed by atoms with van der Waals surface area (Å²) in [6, 6.07) is 13.0. The lowest BCUT2D eigenvalue weighted by Gasteiger charge is -2.41. The first-order chi connectivity index (χ1) is 22.5. The zero-order chi connectivity index (χ0) is 34.1. The third kappa shape index (κ3) is 5.89. The highest BCUT2D eigenvalue weighted by atomic mass is 35.5. The van der Waals surface area contributed by atoms with Gasteiger partial charge in [-0.05, 0) is 69.0 Å². The largest absolute Gasteiger partial charge is 0.494 e. The maximum absolute atomic E-state index is 15.0. The number of benzene rings is 2. The van der Waals surface area contributed by atoms with E-state index >= 15 is 4.79 Å². The van der Waals surface area contributed by atoms with E-state index in [1.54, 1.807) is 56.8 Å². The quantitative estimate of drug-likeness (QED) is 0.234. The number of carbonyl (C=O) groups excluding carboxylic acids is 3. The van der Waals surface area contributed by atoms with Crippen LogP contribution in [0.3, 0.4) is 0 Å². The lowest BCUT2D eigenvalue weighted by atomic mass is 9.66. The molecule has 252 valence electrons.